The van der Waals surface area contributed by atoms with Crippen molar-refractivity contribution in [3.63, 3.8) is 0 Å². The van der Waals surface area contributed by atoms with Gasteiger partial charge in [0.15, 0.2) is 0 Å². The number of hydrogen-bond donors (Lipinski definition) is 1. The van der Waals surface area contributed by atoms with Gasteiger partial charge >= 0.3 is 0 Å². The Kier molecular flexibility index (Phi) is 4.59. The predicted octanol–water partition coefficient (Wildman–Crippen LogP) is 3.68. The Morgan fingerprint density at radius 1 is 1.40 bits per heavy atom. The first kappa shape index (κ1) is 12.5. The van der Waals surface area contributed by atoms with Crippen molar-refractivity contribution in [3.05, 3.63) is 23.8 Å². The van der Waals surface area contributed by atoms with Crippen LogP contribution in [0.4, 0.5) is 0 Å². The summed E-state index contributed by atoms with van der Waals surface area (Å²) < 4.78 is 0. The summed E-state index contributed by atoms with van der Waals surface area (Å²) in [5, 5.41) is 3.53. The number of nitrogens with one attached hydrogen (secondary N) is 1. The molecule has 1 nitrogen and oxygen atoms in total. The molecule has 1 rings (SSSR count). The molecular weight excluding hydrogens is 182 g/mol. The minimum Gasteiger partial charge on any atom is -0.312 e. The van der Waals surface area contributed by atoms with Crippen molar-refractivity contribution in [2.45, 2.75) is 52.5 Å². The van der Waals surface area contributed by atoms with Crippen molar-refractivity contribution in [3.8, 4) is 0 Å². The summed E-state index contributed by atoms with van der Waals surface area (Å²) in [7, 11) is 0. The molecule has 86 valence electrons. The molecule has 0 aromatic rings. The molecule has 0 aliphatic heterocycles. The topological polar surface area (TPSA) is 12.0 Å². The van der Waals surface area contributed by atoms with Crippen molar-refractivity contribution in [1.82, 2.24) is 5.32 Å². The van der Waals surface area contributed by atoms with E-state index in [0.717, 1.165) is 12.5 Å². The van der Waals surface area contributed by atoms with E-state index in [1.807, 2.05) is 0 Å². The molecule has 0 aromatic carbocycles. The summed E-state index contributed by atoms with van der Waals surface area (Å²) in [4.78, 5) is 0. The molecule has 1 atom stereocenters. The zero-order valence-corrected chi connectivity index (χ0v) is 10.6. The highest BCUT2D eigenvalue weighted by molar-refractivity contribution is 5.19. The molecule has 1 aliphatic rings. The fourth-order valence-corrected chi connectivity index (χ4v) is 1.90. The van der Waals surface area contributed by atoms with Gasteiger partial charge in [-0.2, -0.15) is 0 Å². The van der Waals surface area contributed by atoms with E-state index in [0.29, 0.717) is 0 Å². The SMILES string of the molecule is CC1C=CC=C(CCCNC(C)(C)C)C1. The molecule has 0 aromatic heterocycles. The summed E-state index contributed by atoms with van der Waals surface area (Å²) in [6, 6.07) is 0. The van der Waals surface area contributed by atoms with Gasteiger partial charge < -0.3 is 5.32 Å². The molecule has 0 heterocycles. The zero-order chi connectivity index (χ0) is 11.3. The number of rotatable bonds is 4. The normalized spacial score (nSPS) is 21.6. The van der Waals surface area contributed by atoms with Crippen LogP contribution in [0, 0.1) is 5.92 Å². The molecule has 0 bridgehead atoms. The van der Waals surface area contributed by atoms with Crippen molar-refractivity contribution in [2.75, 3.05) is 6.54 Å². The van der Waals surface area contributed by atoms with Crippen molar-refractivity contribution in [1.29, 1.82) is 0 Å². The summed E-state index contributed by atoms with van der Waals surface area (Å²) in [5.74, 6) is 0.737. The van der Waals surface area contributed by atoms with Crippen LogP contribution in [0.25, 0.3) is 0 Å². The number of allylic oxidation sites excluding steroid dienone is 4. The van der Waals surface area contributed by atoms with Gasteiger partial charge in [-0.15, -0.1) is 0 Å². The molecule has 0 saturated heterocycles. The zero-order valence-electron chi connectivity index (χ0n) is 10.6. The Morgan fingerprint density at radius 3 is 2.73 bits per heavy atom. The smallest absolute Gasteiger partial charge is 0.00965 e. The molecule has 0 amide bonds. The summed E-state index contributed by atoms with van der Waals surface area (Å²) in [6.07, 6.45) is 10.5. The van der Waals surface area contributed by atoms with Gasteiger partial charge in [0.1, 0.15) is 0 Å². The Hall–Kier alpha value is -0.560. The lowest BCUT2D eigenvalue weighted by atomic mass is 9.93. The molecule has 0 spiro atoms. The van der Waals surface area contributed by atoms with Crippen molar-refractivity contribution >= 4 is 0 Å². The molecule has 15 heavy (non-hydrogen) atoms. The van der Waals surface area contributed by atoms with Crippen LogP contribution in [0.2, 0.25) is 0 Å². The maximum absolute atomic E-state index is 3.53. The lowest BCUT2D eigenvalue weighted by molar-refractivity contribution is 0.421. The Bertz CT molecular complexity index is 243. The molecule has 1 aliphatic carbocycles. The molecule has 1 unspecified atom stereocenters. The lowest BCUT2D eigenvalue weighted by Crippen LogP contribution is -2.36. The van der Waals surface area contributed by atoms with Gasteiger partial charge in [-0.25, -0.2) is 0 Å². The third-order valence-corrected chi connectivity index (χ3v) is 2.69. The maximum Gasteiger partial charge on any atom is 0.00965 e. The highest BCUT2D eigenvalue weighted by Crippen LogP contribution is 2.21. The van der Waals surface area contributed by atoms with Crippen LogP contribution >= 0.6 is 0 Å². The first-order valence-electron chi connectivity index (χ1n) is 6.08. The third kappa shape index (κ3) is 5.78. The minimum absolute atomic E-state index is 0.258. The van der Waals surface area contributed by atoms with Crippen LogP contribution in [-0.2, 0) is 0 Å². The molecule has 0 radical (unpaired) electrons. The fourth-order valence-electron chi connectivity index (χ4n) is 1.90. The Morgan fingerprint density at radius 2 is 2.13 bits per heavy atom. The minimum atomic E-state index is 0.258. The van der Waals surface area contributed by atoms with Crippen LogP contribution in [0.15, 0.2) is 23.8 Å². The lowest BCUT2D eigenvalue weighted by Gasteiger charge is -2.21. The van der Waals surface area contributed by atoms with Gasteiger partial charge in [-0.1, -0.05) is 30.7 Å². The monoisotopic (exact) mass is 207 g/mol. The Labute approximate surface area is 94.6 Å². The van der Waals surface area contributed by atoms with E-state index in [-0.39, 0.29) is 5.54 Å². The van der Waals surface area contributed by atoms with Crippen LogP contribution < -0.4 is 5.32 Å². The molecule has 1 N–H and O–H groups in total. The second-order valence-electron chi connectivity index (χ2n) is 5.67. The van der Waals surface area contributed by atoms with Crippen LogP contribution in [0.5, 0.6) is 0 Å². The summed E-state index contributed by atoms with van der Waals surface area (Å²) in [6.45, 7) is 10.1. The van der Waals surface area contributed by atoms with Crippen LogP contribution in [0.3, 0.4) is 0 Å². The quantitative estimate of drug-likeness (QED) is 0.693. The maximum atomic E-state index is 3.53. The molecule has 0 fully saturated rings. The second-order valence-corrected chi connectivity index (χ2v) is 5.67. The summed E-state index contributed by atoms with van der Waals surface area (Å²) >= 11 is 0. The van der Waals surface area contributed by atoms with Gasteiger partial charge in [-0.3, -0.25) is 0 Å². The van der Waals surface area contributed by atoms with Gasteiger partial charge in [0.05, 0.1) is 0 Å². The molecule has 0 saturated carbocycles. The van der Waals surface area contributed by atoms with E-state index in [9.17, 15) is 0 Å². The van der Waals surface area contributed by atoms with E-state index in [4.69, 9.17) is 0 Å². The van der Waals surface area contributed by atoms with Gasteiger partial charge in [0.2, 0.25) is 0 Å². The first-order valence-corrected chi connectivity index (χ1v) is 6.08. The van der Waals surface area contributed by atoms with E-state index in [1.165, 1.54) is 19.3 Å². The van der Waals surface area contributed by atoms with Crippen molar-refractivity contribution < 1.29 is 0 Å². The van der Waals surface area contributed by atoms with Crippen LogP contribution in [0.1, 0.15) is 47.0 Å². The van der Waals surface area contributed by atoms with E-state index >= 15 is 0 Å². The van der Waals surface area contributed by atoms with E-state index in [2.05, 4.69) is 51.2 Å². The summed E-state index contributed by atoms with van der Waals surface area (Å²) in [5.41, 5.74) is 1.87. The second kappa shape index (κ2) is 5.50. The third-order valence-electron chi connectivity index (χ3n) is 2.69. The van der Waals surface area contributed by atoms with Gasteiger partial charge in [0.25, 0.3) is 0 Å². The van der Waals surface area contributed by atoms with Gasteiger partial charge in [-0.05, 0) is 52.5 Å². The molecule has 1 heteroatoms. The first-order chi connectivity index (χ1) is 6.97. The fraction of sp³-hybridized carbons (Fsp3) is 0.714. The van der Waals surface area contributed by atoms with E-state index in [1.54, 1.807) is 5.57 Å². The Balaban J connectivity index is 2.16. The van der Waals surface area contributed by atoms with Crippen molar-refractivity contribution in [2.24, 2.45) is 5.92 Å². The number of hydrogen-bond acceptors (Lipinski definition) is 1. The standard InChI is InChI=1S/C14H25N/c1-12-7-5-8-13(11-12)9-6-10-15-14(2,3)4/h5,7-8,12,15H,6,9-11H2,1-4H3. The largest absolute Gasteiger partial charge is 0.312 e. The average molecular weight is 207 g/mol. The highest BCUT2D eigenvalue weighted by Gasteiger charge is 2.09. The average Bonchev–Trinajstić information content (AvgIpc) is 2.11. The predicted molar refractivity (Wildman–Crippen MR) is 68.0 cm³/mol. The molecular formula is C14H25N. The van der Waals surface area contributed by atoms with E-state index < -0.39 is 0 Å². The highest BCUT2D eigenvalue weighted by atomic mass is 14.9. The van der Waals surface area contributed by atoms with Crippen LogP contribution in [-0.4, -0.2) is 12.1 Å². The van der Waals surface area contributed by atoms with Gasteiger partial charge in [0, 0.05) is 5.54 Å².